The standard InChI is InChI=1S/C17H18N2O2/c1-21-15-8-3-2-7-14(15)17(9-10-17)16(20)19-12-13-6-4-5-11-18-13/h2-8,11H,9-10,12H2,1H3,(H,19,20). The molecule has 0 bridgehead atoms. The van der Waals surface area contributed by atoms with E-state index in [2.05, 4.69) is 10.3 Å². The zero-order valence-electron chi connectivity index (χ0n) is 12.0. The maximum Gasteiger partial charge on any atom is 0.231 e. The molecular weight excluding hydrogens is 264 g/mol. The van der Waals surface area contributed by atoms with Gasteiger partial charge in [0.05, 0.1) is 24.8 Å². The summed E-state index contributed by atoms with van der Waals surface area (Å²) in [7, 11) is 1.64. The smallest absolute Gasteiger partial charge is 0.231 e. The number of carbonyl (C=O) groups excluding carboxylic acids is 1. The van der Waals surface area contributed by atoms with Gasteiger partial charge in [-0.3, -0.25) is 9.78 Å². The van der Waals surface area contributed by atoms with Crippen molar-refractivity contribution >= 4 is 5.91 Å². The monoisotopic (exact) mass is 282 g/mol. The Hall–Kier alpha value is -2.36. The average Bonchev–Trinajstić information content (AvgIpc) is 3.35. The van der Waals surface area contributed by atoms with Crippen LogP contribution in [0.2, 0.25) is 0 Å². The van der Waals surface area contributed by atoms with Gasteiger partial charge in [-0.25, -0.2) is 0 Å². The van der Waals surface area contributed by atoms with Gasteiger partial charge in [-0.15, -0.1) is 0 Å². The minimum Gasteiger partial charge on any atom is -0.496 e. The van der Waals surface area contributed by atoms with Crippen LogP contribution < -0.4 is 10.1 Å². The van der Waals surface area contributed by atoms with Gasteiger partial charge in [-0.1, -0.05) is 24.3 Å². The van der Waals surface area contributed by atoms with E-state index < -0.39 is 5.41 Å². The Labute approximate surface area is 124 Å². The van der Waals surface area contributed by atoms with E-state index in [1.54, 1.807) is 13.3 Å². The molecule has 1 fully saturated rings. The number of aromatic nitrogens is 1. The van der Waals surface area contributed by atoms with E-state index in [9.17, 15) is 4.79 Å². The van der Waals surface area contributed by atoms with E-state index >= 15 is 0 Å². The fourth-order valence-electron chi connectivity index (χ4n) is 2.63. The summed E-state index contributed by atoms with van der Waals surface area (Å²) in [5.41, 5.74) is 1.41. The van der Waals surface area contributed by atoms with E-state index in [-0.39, 0.29) is 5.91 Å². The zero-order valence-corrected chi connectivity index (χ0v) is 12.0. The molecule has 0 atom stereocenters. The fraction of sp³-hybridized carbons (Fsp3) is 0.294. The van der Waals surface area contributed by atoms with Gasteiger partial charge in [0.1, 0.15) is 5.75 Å². The molecule has 3 rings (SSSR count). The Morgan fingerprint density at radius 3 is 2.67 bits per heavy atom. The number of carbonyl (C=O) groups is 1. The van der Waals surface area contributed by atoms with E-state index in [0.29, 0.717) is 6.54 Å². The van der Waals surface area contributed by atoms with Crippen molar-refractivity contribution in [3.8, 4) is 5.75 Å². The summed E-state index contributed by atoms with van der Waals surface area (Å²) >= 11 is 0. The van der Waals surface area contributed by atoms with Gasteiger partial charge in [-0.05, 0) is 31.0 Å². The maximum atomic E-state index is 12.6. The van der Waals surface area contributed by atoms with Crippen LogP contribution in [0.25, 0.3) is 0 Å². The molecule has 108 valence electrons. The summed E-state index contributed by atoms with van der Waals surface area (Å²) in [6.45, 7) is 0.455. The lowest BCUT2D eigenvalue weighted by Gasteiger charge is -2.18. The molecule has 1 aromatic carbocycles. The summed E-state index contributed by atoms with van der Waals surface area (Å²) in [6.07, 6.45) is 3.46. The minimum absolute atomic E-state index is 0.0534. The number of hydrogen-bond acceptors (Lipinski definition) is 3. The Morgan fingerprint density at radius 2 is 2.00 bits per heavy atom. The second kappa shape index (κ2) is 5.56. The van der Waals surface area contributed by atoms with E-state index in [0.717, 1.165) is 29.8 Å². The van der Waals surface area contributed by atoms with E-state index in [4.69, 9.17) is 4.74 Å². The highest BCUT2D eigenvalue weighted by atomic mass is 16.5. The van der Waals surface area contributed by atoms with Gasteiger partial charge in [-0.2, -0.15) is 0 Å². The first-order valence-corrected chi connectivity index (χ1v) is 7.08. The van der Waals surface area contributed by atoms with Gasteiger partial charge in [0.15, 0.2) is 0 Å². The maximum absolute atomic E-state index is 12.6. The predicted octanol–water partition coefficient (Wildman–Crippen LogP) is 2.44. The molecule has 0 unspecified atom stereocenters. The first-order chi connectivity index (χ1) is 10.3. The highest BCUT2D eigenvalue weighted by molar-refractivity contribution is 5.92. The number of nitrogens with zero attached hydrogens (tertiary/aromatic N) is 1. The van der Waals surface area contributed by atoms with Crippen LogP contribution in [0, 0.1) is 0 Å². The first kappa shape index (κ1) is 13.6. The van der Waals surface area contributed by atoms with Crippen LogP contribution in [0.4, 0.5) is 0 Å². The Balaban J connectivity index is 1.75. The molecule has 1 amide bonds. The molecular formula is C17H18N2O2. The van der Waals surface area contributed by atoms with Gasteiger partial charge in [0.25, 0.3) is 0 Å². The first-order valence-electron chi connectivity index (χ1n) is 7.08. The number of hydrogen-bond donors (Lipinski definition) is 1. The molecule has 0 aliphatic heterocycles. The summed E-state index contributed by atoms with van der Waals surface area (Å²) in [5.74, 6) is 0.834. The quantitative estimate of drug-likeness (QED) is 0.916. The molecule has 0 saturated heterocycles. The van der Waals surface area contributed by atoms with Crippen LogP contribution in [-0.4, -0.2) is 18.0 Å². The van der Waals surface area contributed by atoms with Crippen LogP contribution in [0.1, 0.15) is 24.1 Å². The molecule has 1 heterocycles. The predicted molar refractivity (Wildman–Crippen MR) is 80.0 cm³/mol. The summed E-state index contributed by atoms with van der Waals surface area (Å²) < 4.78 is 5.39. The van der Waals surface area contributed by atoms with Crippen LogP contribution in [0.15, 0.2) is 48.7 Å². The van der Waals surface area contributed by atoms with Gasteiger partial charge >= 0.3 is 0 Å². The van der Waals surface area contributed by atoms with E-state index in [1.807, 2.05) is 42.5 Å². The molecule has 4 nitrogen and oxygen atoms in total. The van der Waals surface area contributed by atoms with Crippen molar-refractivity contribution in [3.63, 3.8) is 0 Å². The van der Waals surface area contributed by atoms with Gasteiger partial charge in [0, 0.05) is 11.8 Å². The molecule has 1 aliphatic rings. The third-order valence-electron chi connectivity index (χ3n) is 3.96. The lowest BCUT2D eigenvalue weighted by atomic mass is 9.94. The van der Waals surface area contributed by atoms with Crippen molar-refractivity contribution in [2.75, 3.05) is 7.11 Å². The third kappa shape index (κ3) is 2.61. The van der Waals surface area contributed by atoms with Crippen LogP contribution in [-0.2, 0) is 16.8 Å². The van der Waals surface area contributed by atoms with Crippen molar-refractivity contribution in [2.45, 2.75) is 24.8 Å². The average molecular weight is 282 g/mol. The molecule has 1 aliphatic carbocycles. The SMILES string of the molecule is COc1ccccc1C1(C(=O)NCc2ccccn2)CC1. The van der Waals surface area contributed by atoms with Crippen molar-refractivity contribution < 1.29 is 9.53 Å². The number of amides is 1. The Kier molecular flexibility index (Phi) is 3.60. The number of ether oxygens (including phenoxy) is 1. The molecule has 0 spiro atoms. The lowest BCUT2D eigenvalue weighted by molar-refractivity contribution is -0.123. The molecule has 1 N–H and O–H groups in total. The number of methoxy groups -OCH3 is 1. The minimum atomic E-state index is -0.429. The molecule has 2 aromatic rings. The molecule has 21 heavy (non-hydrogen) atoms. The van der Waals surface area contributed by atoms with Crippen LogP contribution in [0.5, 0.6) is 5.75 Å². The normalized spacial score (nSPS) is 15.3. The zero-order chi connectivity index (χ0) is 14.7. The lowest BCUT2D eigenvalue weighted by Crippen LogP contribution is -2.34. The highest BCUT2D eigenvalue weighted by Crippen LogP contribution is 2.51. The molecule has 1 aromatic heterocycles. The summed E-state index contributed by atoms with van der Waals surface area (Å²) in [5, 5.41) is 2.99. The molecule has 0 radical (unpaired) electrons. The van der Waals surface area contributed by atoms with Crippen molar-refractivity contribution in [3.05, 3.63) is 59.9 Å². The second-order valence-corrected chi connectivity index (χ2v) is 5.29. The van der Waals surface area contributed by atoms with Crippen molar-refractivity contribution in [1.29, 1.82) is 0 Å². The highest BCUT2D eigenvalue weighted by Gasteiger charge is 2.52. The molecule has 1 saturated carbocycles. The van der Waals surface area contributed by atoms with Crippen LogP contribution >= 0.6 is 0 Å². The van der Waals surface area contributed by atoms with Gasteiger partial charge in [0.2, 0.25) is 5.91 Å². The summed E-state index contributed by atoms with van der Waals surface area (Å²) in [4.78, 5) is 16.8. The van der Waals surface area contributed by atoms with Gasteiger partial charge < -0.3 is 10.1 Å². The number of pyridine rings is 1. The van der Waals surface area contributed by atoms with Crippen LogP contribution in [0.3, 0.4) is 0 Å². The number of rotatable bonds is 5. The topological polar surface area (TPSA) is 51.2 Å². The summed E-state index contributed by atoms with van der Waals surface area (Å²) in [6, 6.07) is 13.4. The number of benzene rings is 1. The van der Waals surface area contributed by atoms with Crippen molar-refractivity contribution in [2.24, 2.45) is 0 Å². The Morgan fingerprint density at radius 1 is 1.24 bits per heavy atom. The second-order valence-electron chi connectivity index (χ2n) is 5.29. The fourth-order valence-corrected chi connectivity index (χ4v) is 2.63. The molecule has 4 heteroatoms. The third-order valence-corrected chi connectivity index (χ3v) is 3.96. The number of nitrogens with one attached hydrogen (secondary N) is 1. The largest absolute Gasteiger partial charge is 0.496 e. The van der Waals surface area contributed by atoms with Crippen molar-refractivity contribution in [1.82, 2.24) is 10.3 Å². The Bertz CT molecular complexity index is 636. The number of para-hydroxylation sites is 1. The van der Waals surface area contributed by atoms with E-state index in [1.165, 1.54) is 0 Å².